The average Bonchev–Trinajstić information content (AvgIpc) is 2.44. The fourth-order valence-corrected chi connectivity index (χ4v) is 2.64. The Morgan fingerprint density at radius 3 is 2.48 bits per heavy atom. The number of aliphatic hydroxyl groups is 1. The van der Waals surface area contributed by atoms with E-state index in [1.54, 1.807) is 13.0 Å². The van der Waals surface area contributed by atoms with Gasteiger partial charge in [-0.3, -0.25) is 0 Å². The molecule has 23 heavy (non-hydrogen) atoms. The number of benzene rings is 1. The topological polar surface area (TPSA) is 55.8 Å². The van der Waals surface area contributed by atoms with E-state index in [9.17, 15) is 9.90 Å². The molecule has 0 aliphatic heterocycles. The number of carbonyl (C=O) groups is 1. The minimum atomic E-state index is -2.03. The highest BCUT2D eigenvalue weighted by atomic mass is 28.4. The molecule has 0 fully saturated rings. The quantitative estimate of drug-likeness (QED) is 0.395. The van der Waals surface area contributed by atoms with Gasteiger partial charge in [0.1, 0.15) is 11.9 Å². The Bertz CT molecular complexity index is 605. The van der Waals surface area contributed by atoms with Crippen molar-refractivity contribution in [3.05, 3.63) is 29.8 Å². The molecule has 4 nitrogen and oxygen atoms in total. The van der Waals surface area contributed by atoms with Crippen molar-refractivity contribution in [1.82, 2.24) is 0 Å². The van der Waals surface area contributed by atoms with Gasteiger partial charge in [-0.05, 0) is 31.1 Å². The molecule has 0 saturated carbocycles. The Morgan fingerprint density at radius 2 is 1.91 bits per heavy atom. The first-order valence-electron chi connectivity index (χ1n) is 7.73. The van der Waals surface area contributed by atoms with Crippen LogP contribution >= 0.6 is 0 Å². The largest absolute Gasteiger partial charge is 0.543 e. The molecular weight excluding hydrogens is 308 g/mol. The van der Waals surface area contributed by atoms with Crippen molar-refractivity contribution in [2.24, 2.45) is 0 Å². The molecule has 1 aromatic rings. The van der Waals surface area contributed by atoms with Gasteiger partial charge in [0.15, 0.2) is 0 Å². The van der Waals surface area contributed by atoms with Crippen LogP contribution in [0.25, 0.3) is 0 Å². The van der Waals surface area contributed by atoms with Crippen molar-refractivity contribution in [2.75, 3.05) is 6.61 Å². The number of rotatable bonds is 4. The fourth-order valence-electron chi connectivity index (χ4n) is 1.60. The van der Waals surface area contributed by atoms with E-state index < -0.39 is 20.4 Å². The second-order valence-corrected chi connectivity index (χ2v) is 11.5. The fraction of sp³-hybridized carbons (Fsp3) is 0.500. The van der Waals surface area contributed by atoms with Gasteiger partial charge in [-0.25, -0.2) is 4.79 Å². The molecule has 0 aliphatic carbocycles. The zero-order valence-electron chi connectivity index (χ0n) is 14.8. The Balaban J connectivity index is 3.04. The number of carbonyl (C=O) groups excluding carboxylic acids is 1. The lowest BCUT2D eigenvalue weighted by Crippen LogP contribution is -2.44. The molecule has 1 unspecified atom stereocenters. The molecule has 0 aromatic heterocycles. The first-order chi connectivity index (χ1) is 10.6. The van der Waals surface area contributed by atoms with Crippen molar-refractivity contribution < 1.29 is 19.1 Å². The third kappa shape index (κ3) is 5.42. The zero-order valence-corrected chi connectivity index (χ0v) is 15.8. The molecule has 0 heterocycles. The van der Waals surface area contributed by atoms with E-state index >= 15 is 0 Å². The van der Waals surface area contributed by atoms with Gasteiger partial charge in [0.25, 0.3) is 0 Å². The van der Waals surface area contributed by atoms with Gasteiger partial charge in [0, 0.05) is 11.5 Å². The van der Waals surface area contributed by atoms with E-state index in [0.29, 0.717) is 11.3 Å². The maximum atomic E-state index is 11.3. The van der Waals surface area contributed by atoms with Gasteiger partial charge in [0.05, 0.1) is 6.61 Å². The number of esters is 1. The Labute approximate surface area is 139 Å². The summed E-state index contributed by atoms with van der Waals surface area (Å²) in [5.41, 5.74) is 0.564. The smallest absolute Gasteiger partial charge is 0.384 e. The molecule has 126 valence electrons. The Hall–Kier alpha value is -1.77. The Kier molecular flexibility index (Phi) is 6.43. The lowest BCUT2D eigenvalue weighted by Gasteiger charge is -2.37. The lowest BCUT2D eigenvalue weighted by molar-refractivity contribution is -0.136. The summed E-state index contributed by atoms with van der Waals surface area (Å²) >= 11 is 0. The highest BCUT2D eigenvalue weighted by molar-refractivity contribution is 6.74. The molecule has 0 radical (unpaired) electrons. The maximum absolute atomic E-state index is 11.3. The summed E-state index contributed by atoms with van der Waals surface area (Å²) in [7, 11) is -2.03. The predicted molar refractivity (Wildman–Crippen MR) is 93.6 cm³/mol. The lowest BCUT2D eigenvalue weighted by atomic mass is 10.1. The molecule has 0 aliphatic rings. The molecule has 1 N–H and O–H groups in total. The van der Waals surface area contributed by atoms with E-state index in [1.165, 1.54) is 0 Å². The summed E-state index contributed by atoms with van der Waals surface area (Å²) in [5.74, 6) is 4.78. The molecule has 0 bridgehead atoms. The van der Waals surface area contributed by atoms with E-state index in [0.717, 1.165) is 0 Å². The van der Waals surface area contributed by atoms with Gasteiger partial charge >= 0.3 is 5.97 Å². The van der Waals surface area contributed by atoms with E-state index in [-0.39, 0.29) is 11.6 Å². The second-order valence-electron chi connectivity index (χ2n) is 6.79. The number of aliphatic hydroxyl groups excluding tert-OH is 1. The first-order valence-corrected chi connectivity index (χ1v) is 10.6. The summed E-state index contributed by atoms with van der Waals surface area (Å²) in [4.78, 5) is 11.3. The highest BCUT2D eigenvalue weighted by Gasteiger charge is 2.39. The van der Waals surface area contributed by atoms with Crippen molar-refractivity contribution in [1.29, 1.82) is 0 Å². The van der Waals surface area contributed by atoms with Gasteiger partial charge in [-0.15, -0.1) is 0 Å². The van der Waals surface area contributed by atoms with E-state index in [1.807, 2.05) is 18.2 Å². The van der Waals surface area contributed by atoms with E-state index in [2.05, 4.69) is 45.7 Å². The summed E-state index contributed by atoms with van der Waals surface area (Å²) in [6, 6.07) is 7.25. The number of ether oxygens (including phenoxy) is 1. The summed E-state index contributed by atoms with van der Waals surface area (Å²) < 4.78 is 11.0. The SMILES string of the molecule is CCOC(=O)C#CC(O)c1ccccc1O[Si](C)(C)C(C)(C)C. The zero-order chi connectivity index (χ0) is 17.7. The van der Waals surface area contributed by atoms with Crippen molar-refractivity contribution in [3.8, 4) is 17.6 Å². The highest BCUT2D eigenvalue weighted by Crippen LogP contribution is 2.39. The van der Waals surface area contributed by atoms with Crippen LogP contribution in [0.15, 0.2) is 24.3 Å². The maximum Gasteiger partial charge on any atom is 0.384 e. The van der Waals surface area contributed by atoms with Gasteiger partial charge < -0.3 is 14.3 Å². The van der Waals surface area contributed by atoms with Gasteiger partial charge in [-0.1, -0.05) is 44.9 Å². The van der Waals surface area contributed by atoms with Crippen LogP contribution in [0.1, 0.15) is 39.4 Å². The normalized spacial score (nSPS) is 12.8. The first kappa shape index (κ1) is 19.3. The van der Waals surface area contributed by atoms with Crippen molar-refractivity contribution in [2.45, 2.75) is 51.9 Å². The van der Waals surface area contributed by atoms with E-state index in [4.69, 9.17) is 9.16 Å². The molecule has 1 rings (SSSR count). The second kappa shape index (κ2) is 7.67. The molecule has 1 atom stereocenters. The minimum absolute atomic E-state index is 0.0433. The third-order valence-electron chi connectivity index (χ3n) is 3.97. The molecule has 1 aromatic carbocycles. The monoisotopic (exact) mass is 334 g/mol. The summed E-state index contributed by atoms with van der Waals surface area (Å²) in [5, 5.41) is 10.3. The average molecular weight is 334 g/mol. The van der Waals surface area contributed by atoms with Crippen LogP contribution < -0.4 is 4.43 Å². The number of para-hydroxylation sites is 1. The standard InChI is InChI=1S/C18H26O4Si/c1-7-21-17(20)13-12-15(19)14-10-8-9-11-16(14)22-23(5,6)18(2,3)4/h8-11,15,19H,7H2,1-6H3. The van der Waals surface area contributed by atoms with Gasteiger partial charge in [-0.2, -0.15) is 0 Å². The van der Waals surface area contributed by atoms with Crippen LogP contribution in [0.4, 0.5) is 0 Å². The van der Waals surface area contributed by atoms with Crippen LogP contribution in [0.5, 0.6) is 5.75 Å². The van der Waals surface area contributed by atoms with Crippen LogP contribution in [0.3, 0.4) is 0 Å². The predicted octanol–water partition coefficient (Wildman–Crippen LogP) is 3.67. The Morgan fingerprint density at radius 1 is 1.30 bits per heavy atom. The molecule has 0 amide bonds. The van der Waals surface area contributed by atoms with Crippen LogP contribution in [0, 0.1) is 11.8 Å². The molecular formula is C18H26O4Si. The minimum Gasteiger partial charge on any atom is -0.543 e. The number of hydrogen-bond donors (Lipinski definition) is 1. The molecule has 0 spiro atoms. The van der Waals surface area contributed by atoms with Crippen LogP contribution in [-0.2, 0) is 9.53 Å². The van der Waals surface area contributed by atoms with Crippen LogP contribution in [0.2, 0.25) is 18.1 Å². The molecule has 0 saturated heterocycles. The summed E-state index contributed by atoms with van der Waals surface area (Å²) in [6.45, 7) is 12.7. The number of hydrogen-bond acceptors (Lipinski definition) is 4. The van der Waals surface area contributed by atoms with Crippen molar-refractivity contribution >= 4 is 14.3 Å². The summed E-state index contributed by atoms with van der Waals surface area (Å²) in [6.07, 6.45) is -1.10. The molecule has 5 heteroatoms. The third-order valence-corrected chi connectivity index (χ3v) is 8.31. The van der Waals surface area contributed by atoms with Crippen LogP contribution in [-0.4, -0.2) is 26.0 Å². The van der Waals surface area contributed by atoms with Gasteiger partial charge in [0.2, 0.25) is 8.32 Å². The van der Waals surface area contributed by atoms with Crippen molar-refractivity contribution in [3.63, 3.8) is 0 Å².